The van der Waals surface area contributed by atoms with E-state index in [1.807, 2.05) is 12.1 Å². The Bertz CT molecular complexity index is 649. The molecule has 100 valence electrons. The van der Waals surface area contributed by atoms with Gasteiger partial charge in [0.05, 0.1) is 21.4 Å². The van der Waals surface area contributed by atoms with Gasteiger partial charge in [-0.1, -0.05) is 45.2 Å². The number of hydrogen-bond acceptors (Lipinski definition) is 2. The lowest BCUT2D eigenvalue weighted by Gasteiger charge is -2.08. The van der Waals surface area contributed by atoms with Gasteiger partial charge in [-0.25, -0.2) is 0 Å². The Balaban J connectivity index is 2.25. The van der Waals surface area contributed by atoms with Crippen LogP contribution >= 0.6 is 39.1 Å². The molecule has 0 heterocycles. The molecule has 0 saturated heterocycles. The summed E-state index contributed by atoms with van der Waals surface area (Å²) in [6.45, 7) is 0. The predicted octanol–water partition coefficient (Wildman–Crippen LogP) is 4.65. The molecule has 2 nitrogen and oxygen atoms in total. The first kappa shape index (κ1) is 14.9. The maximum Gasteiger partial charge on any atom is 0.0621 e. The molecule has 0 spiro atoms. The molecule has 0 aliphatic carbocycles. The van der Waals surface area contributed by atoms with Crippen molar-refractivity contribution in [3.8, 4) is 0 Å². The van der Waals surface area contributed by atoms with Gasteiger partial charge < -0.3 is 5.73 Å². The summed E-state index contributed by atoms with van der Waals surface area (Å²) in [5, 5.41) is 1.11. The average molecular weight is 379 g/mol. The summed E-state index contributed by atoms with van der Waals surface area (Å²) in [6, 6.07) is 10.4. The Morgan fingerprint density at radius 2 is 1.89 bits per heavy atom. The SMILES string of the molecule is Nc1cc(Cl)ccc1S(=O)Cc1ccc(Br)cc1Cl. The molecule has 0 amide bonds. The average Bonchev–Trinajstić information content (AvgIpc) is 2.32. The summed E-state index contributed by atoms with van der Waals surface area (Å²) in [7, 11) is -1.25. The van der Waals surface area contributed by atoms with E-state index in [1.54, 1.807) is 24.3 Å². The van der Waals surface area contributed by atoms with E-state index in [0.29, 0.717) is 26.4 Å². The Morgan fingerprint density at radius 3 is 2.53 bits per heavy atom. The molecule has 2 N–H and O–H groups in total. The van der Waals surface area contributed by atoms with Crippen LogP contribution in [0.25, 0.3) is 0 Å². The van der Waals surface area contributed by atoms with Gasteiger partial charge in [0.2, 0.25) is 0 Å². The first-order valence-corrected chi connectivity index (χ1v) is 8.21. The second-order valence-electron chi connectivity index (χ2n) is 3.91. The molecule has 2 aromatic rings. The van der Waals surface area contributed by atoms with Gasteiger partial charge in [0.15, 0.2) is 0 Å². The number of anilines is 1. The van der Waals surface area contributed by atoms with Crippen molar-refractivity contribution in [2.75, 3.05) is 5.73 Å². The molecule has 0 aromatic heterocycles. The molecule has 0 aliphatic heterocycles. The topological polar surface area (TPSA) is 43.1 Å². The highest BCUT2D eigenvalue weighted by Crippen LogP contribution is 2.26. The second-order valence-corrected chi connectivity index (χ2v) is 7.09. The minimum absolute atomic E-state index is 0.317. The lowest BCUT2D eigenvalue weighted by atomic mass is 10.2. The number of halogens is 3. The van der Waals surface area contributed by atoms with Gasteiger partial charge in [-0.3, -0.25) is 4.21 Å². The Hall–Kier alpha value is -0.550. The number of nitrogens with two attached hydrogens (primary N) is 1. The first-order chi connectivity index (χ1) is 8.97. The molecule has 1 unspecified atom stereocenters. The summed E-state index contributed by atoms with van der Waals surface area (Å²) in [5.41, 5.74) is 7.07. The van der Waals surface area contributed by atoms with E-state index in [9.17, 15) is 4.21 Å². The molecule has 1 atom stereocenters. The van der Waals surface area contributed by atoms with Crippen LogP contribution in [-0.4, -0.2) is 4.21 Å². The van der Waals surface area contributed by atoms with Crippen LogP contribution in [0.2, 0.25) is 10.0 Å². The highest BCUT2D eigenvalue weighted by molar-refractivity contribution is 9.10. The van der Waals surface area contributed by atoms with E-state index in [4.69, 9.17) is 28.9 Å². The predicted molar refractivity (Wildman–Crippen MR) is 85.1 cm³/mol. The van der Waals surface area contributed by atoms with Crippen molar-refractivity contribution >= 4 is 55.6 Å². The van der Waals surface area contributed by atoms with Gasteiger partial charge >= 0.3 is 0 Å². The smallest absolute Gasteiger partial charge is 0.0621 e. The summed E-state index contributed by atoms with van der Waals surface area (Å²) < 4.78 is 13.2. The largest absolute Gasteiger partial charge is 0.398 e. The highest BCUT2D eigenvalue weighted by Gasteiger charge is 2.11. The van der Waals surface area contributed by atoms with Crippen molar-refractivity contribution in [1.29, 1.82) is 0 Å². The monoisotopic (exact) mass is 377 g/mol. The summed E-state index contributed by atoms with van der Waals surface area (Å²) >= 11 is 15.3. The lowest BCUT2D eigenvalue weighted by Crippen LogP contribution is -2.01. The molecule has 0 bridgehead atoms. The maximum atomic E-state index is 12.3. The van der Waals surface area contributed by atoms with Gasteiger partial charge in [-0.15, -0.1) is 0 Å². The highest BCUT2D eigenvalue weighted by atomic mass is 79.9. The normalized spacial score (nSPS) is 12.4. The van der Waals surface area contributed by atoms with E-state index in [2.05, 4.69) is 15.9 Å². The Kier molecular flexibility index (Phi) is 4.90. The van der Waals surface area contributed by atoms with Gasteiger partial charge in [0.25, 0.3) is 0 Å². The molecule has 0 aliphatic rings. The number of hydrogen-bond donors (Lipinski definition) is 1. The van der Waals surface area contributed by atoms with E-state index >= 15 is 0 Å². The molecule has 0 fully saturated rings. The van der Waals surface area contributed by atoms with Gasteiger partial charge in [-0.05, 0) is 35.9 Å². The zero-order valence-electron chi connectivity index (χ0n) is 9.70. The fourth-order valence-corrected chi connectivity index (χ4v) is 3.82. The zero-order chi connectivity index (χ0) is 14.0. The second kappa shape index (κ2) is 6.27. The van der Waals surface area contributed by atoms with Crippen LogP contribution in [0.5, 0.6) is 0 Å². The molecular formula is C13H10BrCl2NOS. The van der Waals surface area contributed by atoms with Crippen molar-refractivity contribution in [2.45, 2.75) is 10.6 Å². The van der Waals surface area contributed by atoms with E-state index in [1.165, 1.54) is 0 Å². The molecular weight excluding hydrogens is 369 g/mol. The molecule has 2 aromatic carbocycles. The van der Waals surface area contributed by atoms with Gasteiger partial charge in [0, 0.05) is 20.2 Å². The minimum Gasteiger partial charge on any atom is -0.398 e. The van der Waals surface area contributed by atoms with Crippen LogP contribution in [-0.2, 0) is 16.6 Å². The van der Waals surface area contributed by atoms with Crippen LogP contribution < -0.4 is 5.73 Å². The zero-order valence-corrected chi connectivity index (χ0v) is 13.6. The molecule has 0 radical (unpaired) electrons. The molecule has 0 saturated carbocycles. The van der Waals surface area contributed by atoms with Crippen LogP contribution in [0.15, 0.2) is 45.8 Å². The van der Waals surface area contributed by atoms with Crippen molar-refractivity contribution in [3.05, 3.63) is 56.5 Å². The van der Waals surface area contributed by atoms with Crippen molar-refractivity contribution in [2.24, 2.45) is 0 Å². The van der Waals surface area contributed by atoms with E-state index < -0.39 is 10.8 Å². The van der Waals surface area contributed by atoms with Crippen molar-refractivity contribution in [3.63, 3.8) is 0 Å². The Morgan fingerprint density at radius 1 is 1.16 bits per heavy atom. The summed E-state index contributed by atoms with van der Waals surface area (Å²) in [6.07, 6.45) is 0. The molecule has 19 heavy (non-hydrogen) atoms. The van der Waals surface area contributed by atoms with Crippen LogP contribution in [0.3, 0.4) is 0 Å². The third-order valence-corrected chi connectivity index (χ3v) is 5.03. The third kappa shape index (κ3) is 3.72. The van der Waals surface area contributed by atoms with Crippen LogP contribution in [0, 0.1) is 0 Å². The fourth-order valence-electron chi connectivity index (χ4n) is 1.58. The van der Waals surface area contributed by atoms with E-state index in [-0.39, 0.29) is 0 Å². The van der Waals surface area contributed by atoms with Crippen molar-refractivity contribution in [1.82, 2.24) is 0 Å². The number of benzene rings is 2. The number of nitrogen functional groups attached to an aromatic ring is 1. The Labute approximate surface area is 132 Å². The summed E-state index contributed by atoms with van der Waals surface area (Å²) in [5.74, 6) is 0.317. The molecule has 6 heteroatoms. The van der Waals surface area contributed by atoms with Gasteiger partial charge in [-0.2, -0.15) is 0 Å². The third-order valence-electron chi connectivity index (χ3n) is 2.52. The van der Waals surface area contributed by atoms with Crippen LogP contribution in [0.4, 0.5) is 5.69 Å². The van der Waals surface area contributed by atoms with Crippen LogP contribution in [0.1, 0.15) is 5.56 Å². The quantitative estimate of drug-likeness (QED) is 0.790. The first-order valence-electron chi connectivity index (χ1n) is 5.34. The minimum atomic E-state index is -1.25. The fraction of sp³-hybridized carbons (Fsp3) is 0.0769. The van der Waals surface area contributed by atoms with Crippen molar-refractivity contribution < 1.29 is 4.21 Å². The summed E-state index contributed by atoms with van der Waals surface area (Å²) in [4.78, 5) is 0.573. The lowest BCUT2D eigenvalue weighted by molar-refractivity contribution is 0.683. The van der Waals surface area contributed by atoms with E-state index in [0.717, 1.165) is 10.0 Å². The number of rotatable bonds is 3. The standard InChI is InChI=1S/C13H10BrCl2NOS/c14-9-2-1-8(11(16)5-9)7-19(18)13-4-3-10(15)6-12(13)17/h1-6H,7,17H2. The molecule has 2 rings (SSSR count). The maximum absolute atomic E-state index is 12.3. The van der Waals surface area contributed by atoms with Gasteiger partial charge in [0.1, 0.15) is 0 Å².